The van der Waals surface area contributed by atoms with Crippen molar-refractivity contribution >= 4 is 27.5 Å². The lowest BCUT2D eigenvalue weighted by Crippen LogP contribution is -2.20. The molecule has 26 heavy (non-hydrogen) atoms. The van der Waals surface area contributed by atoms with Gasteiger partial charge in [0.2, 0.25) is 0 Å². The standard InChI is InChI=1S/C20H24BrNO4/c1-3-15-5-10-19(18(21)13-15)26-14-20(23)22-16-6-8-17(9-7-16)25-12-11-24-4-2/h5-10,13H,3-4,11-12,14H2,1-2H3,(H,22,23). The van der Waals surface area contributed by atoms with Crippen molar-refractivity contribution in [2.45, 2.75) is 20.3 Å². The second-order valence-electron chi connectivity index (χ2n) is 5.52. The summed E-state index contributed by atoms with van der Waals surface area (Å²) in [5.74, 6) is 1.16. The SMILES string of the molecule is CCOCCOc1ccc(NC(=O)COc2ccc(CC)cc2Br)cc1. The normalized spacial score (nSPS) is 10.4. The molecule has 2 aromatic carbocycles. The second-order valence-corrected chi connectivity index (χ2v) is 6.38. The van der Waals surface area contributed by atoms with Gasteiger partial charge >= 0.3 is 0 Å². The first kappa shape index (κ1) is 20.3. The summed E-state index contributed by atoms with van der Waals surface area (Å²) < 4.78 is 17.2. The number of hydrogen-bond donors (Lipinski definition) is 1. The molecule has 0 saturated carbocycles. The van der Waals surface area contributed by atoms with Gasteiger partial charge in [0.15, 0.2) is 6.61 Å². The summed E-state index contributed by atoms with van der Waals surface area (Å²) in [7, 11) is 0. The Bertz CT molecular complexity index is 703. The number of carbonyl (C=O) groups excluding carboxylic acids is 1. The fraction of sp³-hybridized carbons (Fsp3) is 0.350. The summed E-state index contributed by atoms with van der Waals surface area (Å²) in [6.45, 7) is 5.71. The van der Waals surface area contributed by atoms with Gasteiger partial charge in [-0.25, -0.2) is 0 Å². The van der Waals surface area contributed by atoms with Gasteiger partial charge in [-0.2, -0.15) is 0 Å². The third kappa shape index (κ3) is 6.69. The van der Waals surface area contributed by atoms with Gasteiger partial charge in [0.1, 0.15) is 18.1 Å². The minimum atomic E-state index is -0.221. The monoisotopic (exact) mass is 421 g/mol. The van der Waals surface area contributed by atoms with Crippen LogP contribution in [-0.4, -0.2) is 32.3 Å². The van der Waals surface area contributed by atoms with Gasteiger partial charge in [0.25, 0.3) is 5.91 Å². The average Bonchev–Trinajstić information content (AvgIpc) is 2.65. The van der Waals surface area contributed by atoms with E-state index < -0.39 is 0 Å². The molecule has 0 spiro atoms. The Balaban J connectivity index is 1.78. The molecule has 0 bridgehead atoms. The van der Waals surface area contributed by atoms with E-state index in [2.05, 4.69) is 28.2 Å². The number of ether oxygens (including phenoxy) is 3. The van der Waals surface area contributed by atoms with Crippen molar-refractivity contribution in [3.05, 3.63) is 52.5 Å². The Morgan fingerprint density at radius 2 is 1.81 bits per heavy atom. The lowest BCUT2D eigenvalue weighted by molar-refractivity contribution is -0.118. The zero-order valence-electron chi connectivity index (χ0n) is 15.1. The van der Waals surface area contributed by atoms with Crippen LogP contribution in [0.1, 0.15) is 19.4 Å². The van der Waals surface area contributed by atoms with Crippen LogP contribution in [0.3, 0.4) is 0 Å². The number of anilines is 1. The van der Waals surface area contributed by atoms with Crippen molar-refractivity contribution in [3.63, 3.8) is 0 Å². The number of aryl methyl sites for hydroxylation is 1. The molecule has 5 nitrogen and oxygen atoms in total. The molecule has 2 rings (SSSR count). The smallest absolute Gasteiger partial charge is 0.262 e. The second kappa shape index (κ2) is 10.8. The number of amides is 1. The first-order valence-corrected chi connectivity index (χ1v) is 9.43. The van der Waals surface area contributed by atoms with Crippen molar-refractivity contribution in [2.24, 2.45) is 0 Å². The average molecular weight is 422 g/mol. The molecule has 0 fully saturated rings. The quantitative estimate of drug-likeness (QED) is 0.575. The minimum absolute atomic E-state index is 0.0588. The maximum Gasteiger partial charge on any atom is 0.262 e. The highest BCUT2D eigenvalue weighted by Crippen LogP contribution is 2.26. The molecule has 0 aliphatic rings. The number of nitrogens with one attached hydrogen (secondary N) is 1. The van der Waals surface area contributed by atoms with Crippen molar-refractivity contribution in [3.8, 4) is 11.5 Å². The molecule has 0 saturated heterocycles. The van der Waals surface area contributed by atoms with E-state index in [0.717, 1.165) is 16.6 Å². The molecule has 1 amide bonds. The van der Waals surface area contributed by atoms with E-state index in [1.165, 1.54) is 5.56 Å². The van der Waals surface area contributed by atoms with Gasteiger partial charge in [-0.3, -0.25) is 4.79 Å². The largest absolute Gasteiger partial charge is 0.491 e. The summed E-state index contributed by atoms with van der Waals surface area (Å²) in [6, 6.07) is 13.1. The first-order chi connectivity index (χ1) is 12.6. The van der Waals surface area contributed by atoms with E-state index in [1.807, 2.05) is 37.3 Å². The van der Waals surface area contributed by atoms with Gasteiger partial charge in [-0.05, 0) is 71.2 Å². The molecule has 0 aliphatic heterocycles. The highest BCUT2D eigenvalue weighted by atomic mass is 79.9. The highest BCUT2D eigenvalue weighted by molar-refractivity contribution is 9.10. The van der Waals surface area contributed by atoms with Crippen LogP contribution in [0.2, 0.25) is 0 Å². The minimum Gasteiger partial charge on any atom is -0.491 e. The van der Waals surface area contributed by atoms with Crippen LogP contribution in [0.15, 0.2) is 46.9 Å². The number of carbonyl (C=O) groups is 1. The van der Waals surface area contributed by atoms with E-state index >= 15 is 0 Å². The Morgan fingerprint density at radius 3 is 2.46 bits per heavy atom. The van der Waals surface area contributed by atoms with Crippen LogP contribution in [0, 0.1) is 0 Å². The topological polar surface area (TPSA) is 56.8 Å². The zero-order valence-corrected chi connectivity index (χ0v) is 16.7. The van der Waals surface area contributed by atoms with Crippen LogP contribution in [0.25, 0.3) is 0 Å². The van der Waals surface area contributed by atoms with Crippen LogP contribution >= 0.6 is 15.9 Å². The number of hydrogen-bond acceptors (Lipinski definition) is 4. The summed E-state index contributed by atoms with van der Waals surface area (Å²) in [6.07, 6.45) is 0.949. The van der Waals surface area contributed by atoms with E-state index in [9.17, 15) is 4.79 Å². The van der Waals surface area contributed by atoms with Crippen LogP contribution in [0.4, 0.5) is 5.69 Å². The van der Waals surface area contributed by atoms with Crippen LogP contribution in [-0.2, 0) is 16.0 Å². The predicted molar refractivity (Wildman–Crippen MR) is 106 cm³/mol. The van der Waals surface area contributed by atoms with Gasteiger partial charge in [0, 0.05) is 12.3 Å². The number of halogens is 1. The number of rotatable bonds is 10. The molecular formula is C20H24BrNO4. The Morgan fingerprint density at radius 1 is 1.04 bits per heavy atom. The molecule has 0 atom stereocenters. The summed E-state index contributed by atoms with van der Waals surface area (Å²) in [5.41, 5.74) is 1.90. The molecule has 0 aromatic heterocycles. The molecule has 0 unspecified atom stereocenters. The maximum absolute atomic E-state index is 12.0. The fourth-order valence-electron chi connectivity index (χ4n) is 2.22. The Hall–Kier alpha value is -2.05. The van der Waals surface area contributed by atoms with Crippen molar-refractivity contribution in [2.75, 3.05) is 31.7 Å². The predicted octanol–water partition coefficient (Wildman–Crippen LogP) is 4.44. The molecule has 0 heterocycles. The summed E-state index contributed by atoms with van der Waals surface area (Å²) in [4.78, 5) is 12.0. The van der Waals surface area contributed by atoms with Gasteiger partial charge in [0.05, 0.1) is 11.1 Å². The third-order valence-electron chi connectivity index (χ3n) is 3.60. The van der Waals surface area contributed by atoms with Crippen molar-refractivity contribution in [1.29, 1.82) is 0 Å². The lowest BCUT2D eigenvalue weighted by atomic mass is 10.2. The van der Waals surface area contributed by atoms with Crippen LogP contribution in [0.5, 0.6) is 11.5 Å². The number of benzene rings is 2. The molecular weight excluding hydrogens is 398 g/mol. The maximum atomic E-state index is 12.0. The third-order valence-corrected chi connectivity index (χ3v) is 4.22. The lowest BCUT2D eigenvalue weighted by Gasteiger charge is -2.10. The van der Waals surface area contributed by atoms with Crippen molar-refractivity contribution < 1.29 is 19.0 Å². The summed E-state index contributed by atoms with van der Waals surface area (Å²) in [5, 5.41) is 2.80. The molecule has 0 radical (unpaired) electrons. The molecule has 6 heteroatoms. The zero-order chi connectivity index (χ0) is 18.8. The molecule has 2 aromatic rings. The van der Waals surface area contributed by atoms with Gasteiger partial charge in [-0.1, -0.05) is 13.0 Å². The molecule has 1 N–H and O–H groups in total. The fourth-order valence-corrected chi connectivity index (χ4v) is 2.76. The molecule has 140 valence electrons. The van der Waals surface area contributed by atoms with Crippen molar-refractivity contribution in [1.82, 2.24) is 0 Å². The van der Waals surface area contributed by atoms with E-state index in [-0.39, 0.29) is 12.5 Å². The summed E-state index contributed by atoms with van der Waals surface area (Å²) >= 11 is 3.46. The van der Waals surface area contributed by atoms with Gasteiger partial charge in [-0.15, -0.1) is 0 Å². The first-order valence-electron chi connectivity index (χ1n) is 8.64. The van der Waals surface area contributed by atoms with E-state index in [0.29, 0.717) is 31.3 Å². The van der Waals surface area contributed by atoms with E-state index in [1.54, 1.807) is 12.1 Å². The molecule has 0 aliphatic carbocycles. The van der Waals surface area contributed by atoms with E-state index in [4.69, 9.17) is 14.2 Å². The highest BCUT2D eigenvalue weighted by Gasteiger charge is 2.07. The Labute approximate surface area is 162 Å². The van der Waals surface area contributed by atoms with Crippen LogP contribution < -0.4 is 14.8 Å². The van der Waals surface area contributed by atoms with Gasteiger partial charge < -0.3 is 19.5 Å². The Kier molecular flexibility index (Phi) is 8.44.